The molecule has 8 nitrogen and oxygen atoms in total. The number of pyridine rings is 1. The fourth-order valence-corrected chi connectivity index (χ4v) is 3.98. The van der Waals surface area contributed by atoms with Crippen LogP contribution in [0.3, 0.4) is 0 Å². The first-order chi connectivity index (χ1) is 15.2. The lowest BCUT2D eigenvalue weighted by atomic mass is 10.2. The second kappa shape index (κ2) is 10.5. The summed E-state index contributed by atoms with van der Waals surface area (Å²) in [6.45, 7) is 1.24. The fourth-order valence-electron chi connectivity index (χ4n) is 2.95. The minimum Gasteiger partial charge on any atom is -0.383 e. The molecule has 0 fully saturated rings. The molecule has 0 spiro atoms. The normalized spacial score (nSPS) is 11.2. The minimum atomic E-state index is 0.575. The molecule has 0 saturated heterocycles. The summed E-state index contributed by atoms with van der Waals surface area (Å²) in [4.78, 5) is 8.46. The summed E-state index contributed by atoms with van der Waals surface area (Å²) >= 11 is 7.66. The predicted octanol–water partition coefficient (Wildman–Crippen LogP) is 4.41. The predicted molar refractivity (Wildman–Crippen MR) is 119 cm³/mol. The molecule has 4 rings (SSSR count). The monoisotopic (exact) mass is 456 g/mol. The Kier molecular flexibility index (Phi) is 7.29. The van der Waals surface area contributed by atoms with Gasteiger partial charge in [-0.25, -0.2) is 0 Å². The van der Waals surface area contributed by atoms with Gasteiger partial charge in [-0.1, -0.05) is 28.5 Å². The molecule has 0 saturated carbocycles. The van der Waals surface area contributed by atoms with Gasteiger partial charge in [0.2, 0.25) is 11.7 Å². The van der Waals surface area contributed by atoms with Gasteiger partial charge >= 0.3 is 0 Å². The number of methoxy groups -OCH3 is 1. The van der Waals surface area contributed by atoms with Crippen molar-refractivity contribution < 1.29 is 9.26 Å². The van der Waals surface area contributed by atoms with E-state index in [1.54, 1.807) is 31.3 Å². The van der Waals surface area contributed by atoms with Crippen LogP contribution in [-0.4, -0.2) is 49.4 Å². The molecule has 3 aromatic heterocycles. The second-order valence-electron chi connectivity index (χ2n) is 6.66. The van der Waals surface area contributed by atoms with E-state index in [4.69, 9.17) is 20.9 Å². The van der Waals surface area contributed by atoms with Gasteiger partial charge in [0.25, 0.3) is 0 Å². The van der Waals surface area contributed by atoms with Crippen molar-refractivity contribution in [1.82, 2.24) is 29.9 Å². The largest absolute Gasteiger partial charge is 0.383 e. The average molecular weight is 457 g/mol. The third-order valence-corrected chi connectivity index (χ3v) is 5.82. The standard InChI is InChI=1S/C21H21ClN6O2S/c1-29-13-12-28-20(16-4-6-17(22)7-5-16)25-26-21(28)31-14-2-3-18-24-19(27-30-18)15-8-10-23-11-9-15/h4-11H,2-3,12-14H2,1H3. The molecule has 0 N–H and O–H groups in total. The molecule has 0 aliphatic heterocycles. The van der Waals surface area contributed by atoms with Gasteiger partial charge < -0.3 is 9.26 Å². The minimum absolute atomic E-state index is 0.575. The molecule has 0 atom stereocenters. The number of halogens is 1. The summed E-state index contributed by atoms with van der Waals surface area (Å²) in [5.74, 6) is 2.85. The highest BCUT2D eigenvalue weighted by atomic mass is 35.5. The van der Waals surface area contributed by atoms with E-state index in [1.807, 2.05) is 36.4 Å². The molecule has 0 amide bonds. The first kappa shape index (κ1) is 21.5. The number of ether oxygens (including phenoxy) is 1. The van der Waals surface area contributed by atoms with E-state index in [2.05, 4.69) is 29.9 Å². The zero-order chi connectivity index (χ0) is 21.5. The van der Waals surface area contributed by atoms with Crippen LogP contribution in [0.25, 0.3) is 22.8 Å². The maximum Gasteiger partial charge on any atom is 0.226 e. The quantitative estimate of drug-likeness (QED) is 0.256. The maximum absolute atomic E-state index is 6.01. The third kappa shape index (κ3) is 5.49. The van der Waals surface area contributed by atoms with E-state index in [-0.39, 0.29) is 0 Å². The van der Waals surface area contributed by atoms with Crippen LogP contribution in [0.1, 0.15) is 12.3 Å². The Morgan fingerprint density at radius 3 is 2.65 bits per heavy atom. The topological polar surface area (TPSA) is 91.8 Å². The number of hydrogen-bond acceptors (Lipinski definition) is 8. The van der Waals surface area contributed by atoms with Crippen LogP contribution in [0.15, 0.2) is 58.5 Å². The Bertz CT molecular complexity index is 1100. The molecule has 4 aromatic rings. The van der Waals surface area contributed by atoms with Gasteiger partial charge in [0.15, 0.2) is 11.0 Å². The fraction of sp³-hybridized carbons (Fsp3) is 0.286. The van der Waals surface area contributed by atoms with Crippen molar-refractivity contribution in [2.75, 3.05) is 19.5 Å². The summed E-state index contributed by atoms with van der Waals surface area (Å²) in [5, 5.41) is 14.4. The molecule has 1 aromatic carbocycles. The molecule has 31 heavy (non-hydrogen) atoms. The van der Waals surface area contributed by atoms with Crippen molar-refractivity contribution in [3.63, 3.8) is 0 Å². The van der Waals surface area contributed by atoms with Crippen LogP contribution in [0.5, 0.6) is 0 Å². The molecule has 0 unspecified atom stereocenters. The van der Waals surface area contributed by atoms with Crippen LogP contribution >= 0.6 is 23.4 Å². The number of benzene rings is 1. The zero-order valence-electron chi connectivity index (χ0n) is 16.9. The third-order valence-electron chi connectivity index (χ3n) is 4.51. The zero-order valence-corrected chi connectivity index (χ0v) is 18.5. The molecule has 10 heteroatoms. The molecule has 0 bridgehead atoms. The van der Waals surface area contributed by atoms with E-state index in [0.717, 1.165) is 34.3 Å². The van der Waals surface area contributed by atoms with E-state index in [1.165, 1.54) is 0 Å². The first-order valence-electron chi connectivity index (χ1n) is 9.78. The van der Waals surface area contributed by atoms with Crippen molar-refractivity contribution in [3.8, 4) is 22.8 Å². The SMILES string of the molecule is COCCn1c(SCCCc2nc(-c3ccncc3)no2)nnc1-c1ccc(Cl)cc1. The van der Waals surface area contributed by atoms with Gasteiger partial charge in [-0.15, -0.1) is 10.2 Å². The summed E-state index contributed by atoms with van der Waals surface area (Å²) in [6.07, 6.45) is 4.98. The molecular formula is C21H21ClN6O2S. The van der Waals surface area contributed by atoms with E-state index >= 15 is 0 Å². The van der Waals surface area contributed by atoms with Crippen molar-refractivity contribution in [2.45, 2.75) is 24.5 Å². The lowest BCUT2D eigenvalue weighted by Crippen LogP contribution is -2.07. The molecule has 0 radical (unpaired) electrons. The van der Waals surface area contributed by atoms with E-state index < -0.39 is 0 Å². The lowest BCUT2D eigenvalue weighted by molar-refractivity contribution is 0.185. The van der Waals surface area contributed by atoms with Gasteiger partial charge in [0.05, 0.1) is 13.2 Å². The van der Waals surface area contributed by atoms with Crippen molar-refractivity contribution >= 4 is 23.4 Å². The Hall–Kier alpha value is -2.75. The maximum atomic E-state index is 6.01. The van der Waals surface area contributed by atoms with Crippen LogP contribution in [0.2, 0.25) is 5.02 Å². The van der Waals surface area contributed by atoms with Gasteiger partial charge in [-0.05, 0) is 42.8 Å². The highest BCUT2D eigenvalue weighted by Gasteiger charge is 2.15. The van der Waals surface area contributed by atoms with E-state index in [0.29, 0.717) is 36.3 Å². The van der Waals surface area contributed by atoms with Crippen molar-refractivity contribution in [2.24, 2.45) is 0 Å². The summed E-state index contributed by atoms with van der Waals surface area (Å²) in [5.41, 5.74) is 1.86. The number of aromatic nitrogens is 6. The average Bonchev–Trinajstić information content (AvgIpc) is 3.44. The smallest absolute Gasteiger partial charge is 0.226 e. The number of thioether (sulfide) groups is 1. The van der Waals surface area contributed by atoms with Gasteiger partial charge in [0.1, 0.15) is 0 Å². The number of aryl methyl sites for hydroxylation is 1. The van der Waals surface area contributed by atoms with Crippen LogP contribution < -0.4 is 0 Å². The lowest BCUT2D eigenvalue weighted by Gasteiger charge is -2.09. The molecule has 0 aliphatic carbocycles. The Balaban J connectivity index is 1.37. The van der Waals surface area contributed by atoms with Crippen LogP contribution in [-0.2, 0) is 17.7 Å². The van der Waals surface area contributed by atoms with Gasteiger partial charge in [0, 0.05) is 47.8 Å². The van der Waals surface area contributed by atoms with Crippen molar-refractivity contribution in [3.05, 3.63) is 59.7 Å². The highest BCUT2D eigenvalue weighted by Crippen LogP contribution is 2.26. The molecule has 160 valence electrons. The Labute approximate surface area is 189 Å². The molecule has 0 aliphatic rings. The Morgan fingerprint density at radius 1 is 1.06 bits per heavy atom. The van der Waals surface area contributed by atoms with E-state index in [9.17, 15) is 0 Å². The van der Waals surface area contributed by atoms with Gasteiger partial charge in [-0.2, -0.15) is 4.98 Å². The number of rotatable bonds is 10. The second-order valence-corrected chi connectivity index (χ2v) is 8.16. The van der Waals surface area contributed by atoms with Crippen molar-refractivity contribution in [1.29, 1.82) is 0 Å². The van der Waals surface area contributed by atoms with Crippen LogP contribution in [0.4, 0.5) is 0 Å². The summed E-state index contributed by atoms with van der Waals surface area (Å²) < 4.78 is 12.7. The highest BCUT2D eigenvalue weighted by molar-refractivity contribution is 7.99. The summed E-state index contributed by atoms with van der Waals surface area (Å²) in [7, 11) is 1.68. The molecular weight excluding hydrogens is 436 g/mol. The molecule has 3 heterocycles. The Morgan fingerprint density at radius 2 is 1.87 bits per heavy atom. The summed E-state index contributed by atoms with van der Waals surface area (Å²) in [6, 6.07) is 11.3. The first-order valence-corrected chi connectivity index (χ1v) is 11.1. The van der Waals surface area contributed by atoms with Crippen LogP contribution in [0, 0.1) is 0 Å². The van der Waals surface area contributed by atoms with Gasteiger partial charge in [-0.3, -0.25) is 9.55 Å². The number of hydrogen-bond donors (Lipinski definition) is 0. The number of nitrogens with zero attached hydrogens (tertiary/aromatic N) is 6.